The highest BCUT2D eigenvalue weighted by atomic mass is 16.5. The first-order valence-corrected chi connectivity index (χ1v) is 5.81. The Morgan fingerprint density at radius 1 is 1.21 bits per heavy atom. The number of carbonyl (C=O) groups is 2. The Morgan fingerprint density at radius 2 is 1.95 bits per heavy atom. The molecule has 0 amide bonds. The fourth-order valence-electron chi connectivity index (χ4n) is 2.75. The van der Waals surface area contributed by atoms with Gasteiger partial charge in [-0.3, -0.25) is 4.79 Å². The van der Waals surface area contributed by atoms with Crippen LogP contribution in [0.5, 0.6) is 5.75 Å². The lowest BCUT2D eigenvalue weighted by atomic mass is 9.63. The highest BCUT2D eigenvalue weighted by Crippen LogP contribution is 2.54. The molecule has 1 heterocycles. The minimum absolute atomic E-state index is 0.275. The van der Waals surface area contributed by atoms with Gasteiger partial charge in [0.05, 0.1) is 19.8 Å². The summed E-state index contributed by atoms with van der Waals surface area (Å²) in [5.74, 6) is -0.458. The van der Waals surface area contributed by atoms with Gasteiger partial charge in [0.25, 0.3) is 0 Å². The van der Waals surface area contributed by atoms with E-state index in [0.29, 0.717) is 11.3 Å². The minimum atomic E-state index is -1.18. The van der Waals surface area contributed by atoms with E-state index in [9.17, 15) is 9.59 Å². The van der Waals surface area contributed by atoms with Gasteiger partial charge in [-0.1, -0.05) is 18.2 Å². The van der Waals surface area contributed by atoms with E-state index >= 15 is 0 Å². The summed E-state index contributed by atoms with van der Waals surface area (Å²) in [7, 11) is 2.57. The van der Waals surface area contributed by atoms with Crippen LogP contribution < -0.4 is 4.74 Å². The number of ether oxygens (including phenoxy) is 3. The molecule has 2 unspecified atom stereocenters. The molecule has 1 aromatic rings. The molecular weight excluding hydrogens is 248 g/mol. The molecule has 2 atom stereocenters. The normalized spacial score (nSPS) is 26.2. The average molecular weight is 260 g/mol. The Balaban J connectivity index is 2.18. The first-order valence-electron chi connectivity index (χ1n) is 5.81. The topological polar surface area (TPSA) is 61.8 Å². The second kappa shape index (κ2) is 3.85. The molecule has 5 nitrogen and oxygen atoms in total. The third-order valence-electron chi connectivity index (χ3n) is 3.65. The monoisotopic (exact) mass is 260 g/mol. The number of hydrogen-bond acceptors (Lipinski definition) is 5. The maximum Gasteiger partial charge on any atom is 0.335 e. The number of carbonyl (C=O) groups excluding carboxylic acids is 2. The smallest absolute Gasteiger partial charge is 0.335 e. The maximum atomic E-state index is 12.2. The summed E-state index contributed by atoms with van der Waals surface area (Å²) in [6, 6.07) is 7.14. The Kier molecular flexibility index (Phi) is 2.38. The van der Waals surface area contributed by atoms with Crippen LogP contribution >= 0.6 is 0 Å². The summed E-state index contributed by atoms with van der Waals surface area (Å²) in [5, 5.41) is 0. The van der Waals surface area contributed by atoms with Crippen molar-refractivity contribution in [1.82, 2.24) is 0 Å². The standard InChI is InChI=1S/C14H12O5/c1-17-12(15)9-7-11-14(9,13(16)18-2)8-5-3-4-6-10(8)19-11/h3-7,11H,1-2H3. The summed E-state index contributed by atoms with van der Waals surface area (Å²) in [4.78, 5) is 24.1. The van der Waals surface area contributed by atoms with Gasteiger partial charge in [0, 0.05) is 5.56 Å². The molecule has 5 heteroatoms. The molecule has 0 fully saturated rings. The molecule has 98 valence electrons. The fourth-order valence-corrected chi connectivity index (χ4v) is 2.75. The molecule has 2 aliphatic rings. The number of rotatable bonds is 2. The van der Waals surface area contributed by atoms with Crippen LogP contribution in [0.25, 0.3) is 0 Å². The summed E-state index contributed by atoms with van der Waals surface area (Å²) < 4.78 is 15.3. The predicted octanol–water partition coefficient (Wildman–Crippen LogP) is 0.971. The summed E-state index contributed by atoms with van der Waals surface area (Å²) in [6.07, 6.45) is 1.09. The largest absolute Gasteiger partial charge is 0.484 e. The van der Waals surface area contributed by atoms with Crippen molar-refractivity contribution in [2.24, 2.45) is 0 Å². The lowest BCUT2D eigenvalue weighted by Crippen LogP contribution is -2.55. The number of methoxy groups -OCH3 is 2. The number of para-hydroxylation sites is 1. The Bertz CT molecular complexity index is 604. The Hall–Kier alpha value is -2.30. The van der Waals surface area contributed by atoms with Crippen LogP contribution in [-0.2, 0) is 24.5 Å². The van der Waals surface area contributed by atoms with E-state index in [1.165, 1.54) is 14.2 Å². The molecule has 1 aromatic carbocycles. The second-order valence-corrected chi connectivity index (χ2v) is 4.41. The molecule has 1 aliphatic heterocycles. The first kappa shape index (κ1) is 11.8. The van der Waals surface area contributed by atoms with E-state index < -0.39 is 23.5 Å². The summed E-state index contributed by atoms with van der Waals surface area (Å²) in [6.45, 7) is 0. The van der Waals surface area contributed by atoms with E-state index in [1.807, 2.05) is 6.07 Å². The van der Waals surface area contributed by atoms with Gasteiger partial charge in [0.2, 0.25) is 0 Å². The van der Waals surface area contributed by atoms with E-state index in [1.54, 1.807) is 24.3 Å². The van der Waals surface area contributed by atoms with Crippen molar-refractivity contribution >= 4 is 11.9 Å². The zero-order valence-corrected chi connectivity index (χ0v) is 10.5. The Morgan fingerprint density at radius 3 is 2.63 bits per heavy atom. The van der Waals surface area contributed by atoms with Gasteiger partial charge < -0.3 is 14.2 Å². The molecule has 0 aromatic heterocycles. The van der Waals surface area contributed by atoms with Gasteiger partial charge in [-0.2, -0.15) is 0 Å². The van der Waals surface area contributed by atoms with E-state index in [-0.39, 0.29) is 5.57 Å². The van der Waals surface area contributed by atoms with E-state index in [0.717, 1.165) is 0 Å². The van der Waals surface area contributed by atoms with Crippen LogP contribution in [0.2, 0.25) is 0 Å². The molecular formula is C14H12O5. The van der Waals surface area contributed by atoms with Crippen molar-refractivity contribution in [1.29, 1.82) is 0 Å². The molecule has 0 bridgehead atoms. The SMILES string of the molecule is COC(=O)C1=CC2Oc3ccccc3C12C(=O)OC. The van der Waals surface area contributed by atoms with Crippen molar-refractivity contribution in [2.45, 2.75) is 11.5 Å². The molecule has 3 rings (SSSR count). The van der Waals surface area contributed by atoms with E-state index in [2.05, 4.69) is 0 Å². The molecule has 0 spiro atoms. The number of benzene rings is 1. The van der Waals surface area contributed by atoms with Crippen LogP contribution in [0.15, 0.2) is 35.9 Å². The molecule has 0 saturated carbocycles. The van der Waals surface area contributed by atoms with Crippen molar-refractivity contribution in [2.75, 3.05) is 14.2 Å². The van der Waals surface area contributed by atoms with Gasteiger partial charge in [-0.15, -0.1) is 0 Å². The number of hydrogen-bond donors (Lipinski definition) is 0. The lowest BCUT2D eigenvalue weighted by Gasteiger charge is -2.38. The van der Waals surface area contributed by atoms with Crippen LogP contribution in [0, 0.1) is 0 Å². The van der Waals surface area contributed by atoms with Gasteiger partial charge in [-0.05, 0) is 12.1 Å². The van der Waals surface area contributed by atoms with Gasteiger partial charge in [-0.25, -0.2) is 4.79 Å². The lowest BCUT2D eigenvalue weighted by molar-refractivity contribution is -0.152. The number of esters is 2. The third kappa shape index (κ3) is 1.24. The highest BCUT2D eigenvalue weighted by molar-refractivity contribution is 6.07. The van der Waals surface area contributed by atoms with Gasteiger partial charge >= 0.3 is 11.9 Å². The molecule has 1 aliphatic carbocycles. The summed E-state index contributed by atoms with van der Waals surface area (Å²) in [5.41, 5.74) is -0.259. The van der Waals surface area contributed by atoms with Gasteiger partial charge in [0.15, 0.2) is 5.41 Å². The van der Waals surface area contributed by atoms with E-state index in [4.69, 9.17) is 14.2 Å². The maximum absolute atomic E-state index is 12.2. The van der Waals surface area contributed by atoms with Crippen LogP contribution in [0.4, 0.5) is 0 Å². The zero-order chi connectivity index (χ0) is 13.6. The molecule has 0 radical (unpaired) electrons. The van der Waals surface area contributed by atoms with Crippen molar-refractivity contribution < 1.29 is 23.8 Å². The predicted molar refractivity (Wildman–Crippen MR) is 64.7 cm³/mol. The summed E-state index contributed by atoms with van der Waals surface area (Å²) >= 11 is 0. The Labute approximate surface area is 109 Å². The highest BCUT2D eigenvalue weighted by Gasteiger charge is 2.65. The number of fused-ring (bicyclic) bond motifs is 3. The van der Waals surface area contributed by atoms with Crippen molar-refractivity contribution in [3.8, 4) is 5.75 Å². The molecule has 19 heavy (non-hydrogen) atoms. The van der Waals surface area contributed by atoms with Crippen LogP contribution in [0.3, 0.4) is 0 Å². The first-order chi connectivity index (χ1) is 9.16. The van der Waals surface area contributed by atoms with Crippen molar-refractivity contribution in [3.63, 3.8) is 0 Å². The third-order valence-corrected chi connectivity index (χ3v) is 3.65. The second-order valence-electron chi connectivity index (χ2n) is 4.41. The molecule has 0 saturated heterocycles. The minimum Gasteiger partial charge on any atom is -0.484 e. The van der Waals surface area contributed by atoms with Crippen molar-refractivity contribution in [3.05, 3.63) is 41.5 Å². The van der Waals surface area contributed by atoms with Crippen LogP contribution in [0.1, 0.15) is 5.56 Å². The average Bonchev–Trinajstić information content (AvgIpc) is 2.67. The zero-order valence-electron chi connectivity index (χ0n) is 10.5. The van der Waals surface area contributed by atoms with Gasteiger partial charge in [0.1, 0.15) is 11.9 Å². The quantitative estimate of drug-likeness (QED) is 0.741. The fraction of sp³-hybridized carbons (Fsp3) is 0.286. The molecule has 0 N–H and O–H groups in total. The van der Waals surface area contributed by atoms with Crippen LogP contribution in [-0.4, -0.2) is 32.3 Å².